The van der Waals surface area contributed by atoms with Gasteiger partial charge in [-0.05, 0) is 0 Å². The third kappa shape index (κ3) is 3.64. The van der Waals surface area contributed by atoms with Gasteiger partial charge in [0.25, 0.3) is 0 Å². The molecule has 0 N–H and O–H groups in total. The Morgan fingerprint density at radius 1 is 1.07 bits per heavy atom. The Balaban J connectivity index is 0. The van der Waals surface area contributed by atoms with Crippen LogP contribution in [-0.2, 0) is 32.3 Å². The fraction of sp³-hybridized carbons (Fsp3) is 0.214. The van der Waals surface area contributed by atoms with Crippen molar-refractivity contribution in [3.63, 3.8) is 0 Å². The summed E-state index contributed by atoms with van der Waals surface area (Å²) < 4.78 is 0. The first-order valence-corrected chi connectivity index (χ1v) is 4.55. The van der Waals surface area contributed by atoms with Gasteiger partial charge in [-0.3, -0.25) is 0 Å². The Bertz CT molecular complexity index is 373. The summed E-state index contributed by atoms with van der Waals surface area (Å²) in [7, 11) is 0. The normalized spacial score (nSPS) is 8.60. The fourth-order valence-electron chi connectivity index (χ4n) is 1.70. The molecular weight excluding hydrogens is 347 g/mol. The van der Waals surface area contributed by atoms with Gasteiger partial charge in [0.15, 0.2) is 0 Å². The monoisotopic (exact) mass is 367 g/mol. The van der Waals surface area contributed by atoms with Crippen LogP contribution in [0, 0.1) is 14.9 Å². The van der Waals surface area contributed by atoms with Gasteiger partial charge in [0, 0.05) is 25.8 Å². The van der Waals surface area contributed by atoms with Gasteiger partial charge in [0.05, 0.1) is 0 Å². The molecule has 0 bridgehead atoms. The number of aryl methyl sites for hydroxylation is 1. The number of fused-ring (bicyclic) bond motifs is 1. The van der Waals surface area contributed by atoms with E-state index >= 15 is 0 Å². The van der Waals surface area contributed by atoms with E-state index < -0.39 is 0 Å². The summed E-state index contributed by atoms with van der Waals surface area (Å²) in [4.78, 5) is 0. The van der Waals surface area contributed by atoms with Gasteiger partial charge in [-0.1, -0.05) is 25.8 Å². The smallest absolute Gasteiger partial charge is 0 e. The first-order valence-electron chi connectivity index (χ1n) is 4.55. The van der Waals surface area contributed by atoms with Crippen molar-refractivity contribution in [1.82, 2.24) is 0 Å². The summed E-state index contributed by atoms with van der Waals surface area (Å²) in [5.41, 5.74) is 1.49. The quantitative estimate of drug-likeness (QED) is 0.546. The largest absolute Gasteiger partial charge is 0.358 e. The van der Waals surface area contributed by atoms with Crippen LogP contribution in [0.1, 0.15) is 18.9 Å². The minimum absolute atomic E-state index is 0. The van der Waals surface area contributed by atoms with Crippen molar-refractivity contribution >= 4 is 10.8 Å². The van der Waals surface area contributed by atoms with E-state index in [-0.39, 0.29) is 40.7 Å². The van der Waals surface area contributed by atoms with E-state index in [0.717, 1.165) is 0 Å². The molecule has 0 heterocycles. The van der Waals surface area contributed by atoms with Crippen molar-refractivity contribution < 1.29 is 25.8 Å². The van der Waals surface area contributed by atoms with Gasteiger partial charge in [0.2, 0.25) is 0 Å². The fourth-order valence-corrected chi connectivity index (χ4v) is 1.70. The first kappa shape index (κ1) is 17.1. The van der Waals surface area contributed by atoms with E-state index in [9.17, 15) is 0 Å². The van der Waals surface area contributed by atoms with Crippen LogP contribution in [0.2, 0.25) is 0 Å². The van der Waals surface area contributed by atoms with Crippen molar-refractivity contribution in [2.75, 3.05) is 0 Å². The van der Waals surface area contributed by atoms with Gasteiger partial charge in [-0.25, -0.2) is 0 Å². The van der Waals surface area contributed by atoms with E-state index in [2.05, 4.69) is 43.3 Å². The van der Waals surface area contributed by atoms with E-state index in [1.165, 1.54) is 29.2 Å². The van der Waals surface area contributed by atoms with Crippen molar-refractivity contribution in [2.24, 2.45) is 0 Å². The van der Waals surface area contributed by atoms with Crippen LogP contribution >= 0.6 is 0 Å². The van der Waals surface area contributed by atoms with Crippen LogP contribution in [0.5, 0.6) is 0 Å². The average molecular weight is 366 g/mol. The molecule has 0 unspecified atom stereocenters. The maximum absolute atomic E-state index is 2.24. The molecule has 0 spiro atoms. The summed E-state index contributed by atoms with van der Waals surface area (Å²) >= 11 is 0. The van der Waals surface area contributed by atoms with Gasteiger partial charge in [-0.2, -0.15) is 6.07 Å². The standard InChI is InChI=1S/C12H13.2CH3.Hf/c1-2-5-10-8-9-11-6-3-4-7-12(10)11;;;/h3-4,6-9H,2,5H2,1H3;2*1H3;/q3*-1;. The molecule has 15 heavy (non-hydrogen) atoms. The SMILES string of the molecule is CCC[c-]1ccc2ccccc21.[CH3-].[CH3-].[Hf]. The Morgan fingerprint density at radius 2 is 1.73 bits per heavy atom. The van der Waals surface area contributed by atoms with Crippen LogP contribution in [-0.4, -0.2) is 0 Å². The van der Waals surface area contributed by atoms with Crippen LogP contribution < -0.4 is 0 Å². The summed E-state index contributed by atoms with van der Waals surface area (Å²) in [6.45, 7) is 2.22. The molecule has 0 aliphatic heterocycles. The molecule has 0 nitrogen and oxygen atoms in total. The van der Waals surface area contributed by atoms with Gasteiger partial charge in [-0.15, -0.1) is 40.6 Å². The molecule has 2 aromatic rings. The Kier molecular flexibility index (Phi) is 9.04. The predicted octanol–water partition coefficient (Wildman–Crippen LogP) is 4.41. The molecule has 0 atom stereocenters. The predicted molar refractivity (Wildman–Crippen MR) is 66.4 cm³/mol. The van der Waals surface area contributed by atoms with Gasteiger partial charge in [0.1, 0.15) is 0 Å². The maximum atomic E-state index is 2.24. The number of rotatable bonds is 2. The summed E-state index contributed by atoms with van der Waals surface area (Å²) in [5, 5.41) is 2.81. The zero-order chi connectivity index (χ0) is 8.39. The van der Waals surface area contributed by atoms with Crippen molar-refractivity contribution in [3.05, 3.63) is 56.8 Å². The molecule has 82 valence electrons. The van der Waals surface area contributed by atoms with Crippen LogP contribution in [0.3, 0.4) is 0 Å². The van der Waals surface area contributed by atoms with Crippen LogP contribution in [0.4, 0.5) is 0 Å². The molecule has 0 aliphatic carbocycles. The Labute approximate surface area is 113 Å². The molecule has 0 amide bonds. The summed E-state index contributed by atoms with van der Waals surface area (Å²) in [5.74, 6) is 0. The minimum Gasteiger partial charge on any atom is -0.358 e. The average Bonchev–Trinajstić information content (AvgIpc) is 2.50. The summed E-state index contributed by atoms with van der Waals surface area (Å²) in [6, 6.07) is 13.0. The first-order chi connectivity index (χ1) is 5.92. The molecule has 2 aromatic carbocycles. The molecular formula is C14H19Hf-3. The Hall–Kier alpha value is -0.300. The molecule has 0 radical (unpaired) electrons. The molecule has 0 aliphatic rings. The van der Waals surface area contributed by atoms with E-state index in [0.29, 0.717) is 0 Å². The molecule has 0 saturated heterocycles. The topological polar surface area (TPSA) is 0 Å². The zero-order valence-electron chi connectivity index (χ0n) is 9.88. The molecule has 0 aromatic heterocycles. The van der Waals surface area contributed by atoms with E-state index in [4.69, 9.17) is 0 Å². The van der Waals surface area contributed by atoms with Gasteiger partial charge >= 0.3 is 0 Å². The minimum atomic E-state index is 0. The second kappa shape index (κ2) is 7.92. The van der Waals surface area contributed by atoms with Crippen LogP contribution in [0.25, 0.3) is 10.8 Å². The van der Waals surface area contributed by atoms with Crippen molar-refractivity contribution in [3.8, 4) is 0 Å². The zero-order valence-corrected chi connectivity index (χ0v) is 13.5. The summed E-state index contributed by atoms with van der Waals surface area (Å²) in [6.07, 6.45) is 2.43. The molecule has 1 heteroatoms. The third-order valence-corrected chi connectivity index (χ3v) is 2.29. The molecule has 0 saturated carbocycles. The van der Waals surface area contributed by atoms with E-state index in [1.807, 2.05) is 0 Å². The number of benzene rings is 1. The second-order valence-electron chi connectivity index (χ2n) is 3.20. The second-order valence-corrected chi connectivity index (χ2v) is 3.20. The molecule has 2 rings (SSSR count). The Morgan fingerprint density at radius 3 is 2.40 bits per heavy atom. The van der Waals surface area contributed by atoms with Crippen molar-refractivity contribution in [1.29, 1.82) is 0 Å². The maximum Gasteiger partial charge on any atom is 0 e. The molecule has 0 fully saturated rings. The third-order valence-electron chi connectivity index (χ3n) is 2.29. The van der Waals surface area contributed by atoms with Crippen molar-refractivity contribution in [2.45, 2.75) is 19.8 Å². The van der Waals surface area contributed by atoms with E-state index in [1.54, 1.807) is 0 Å². The number of hydrogen-bond acceptors (Lipinski definition) is 0. The van der Waals surface area contributed by atoms with Crippen LogP contribution in [0.15, 0.2) is 36.4 Å². The number of hydrogen-bond donors (Lipinski definition) is 0. The van der Waals surface area contributed by atoms with Gasteiger partial charge < -0.3 is 14.9 Å².